The van der Waals surface area contributed by atoms with Gasteiger partial charge in [0.2, 0.25) is 0 Å². The number of nitrogens with zero attached hydrogens (tertiary/aromatic N) is 1. The molecule has 2 heteroatoms. The van der Waals surface area contributed by atoms with Crippen molar-refractivity contribution in [3.8, 4) is 0 Å². The second kappa shape index (κ2) is 0.813. The topological polar surface area (TPSA) is 12.4 Å². The molecule has 0 N–H and O–H groups in total. The fraction of sp³-hybridized carbons (Fsp3) is 1.00. The normalized spacial score (nSPS) is 24.0. The molecule has 0 saturated heterocycles. The van der Waals surface area contributed by atoms with Gasteiger partial charge in [0.15, 0.2) is 0 Å². The van der Waals surface area contributed by atoms with Crippen LogP contribution in [0.3, 0.4) is 0 Å². The lowest BCUT2D eigenvalue weighted by molar-refractivity contribution is 1.11. The van der Waals surface area contributed by atoms with Gasteiger partial charge in [-0.25, -0.2) is 0 Å². The first kappa shape index (κ1) is 2.34. The zero-order valence-electron chi connectivity index (χ0n) is 2.31. The number of rotatable bonds is 0. The molecule has 1 heterocycles. The molecule has 0 bridgehead atoms. The highest BCUT2D eigenvalue weighted by molar-refractivity contribution is 7.28. The molecule has 1 aliphatic rings. The Balaban J connectivity index is 2.47. The summed E-state index contributed by atoms with van der Waals surface area (Å²) >= 11 is 0. The Kier molecular flexibility index (Phi) is 0.477. The monoisotopic (exact) mass is 73.0 g/mol. The van der Waals surface area contributed by atoms with E-state index in [9.17, 15) is 0 Å². The average Bonchev–Trinajstić information content (AvgIpc) is 0.722. The summed E-state index contributed by atoms with van der Waals surface area (Å²) in [6.07, 6.45) is 1.31. The highest BCUT2D eigenvalue weighted by Gasteiger charge is 1.84. The van der Waals surface area contributed by atoms with Gasteiger partial charge >= 0.3 is 0 Å². The second-order valence-corrected chi connectivity index (χ2v) is 1.74. The van der Waals surface area contributed by atoms with Crippen LogP contribution in [0.15, 0.2) is 4.74 Å². The van der Waals surface area contributed by atoms with Crippen molar-refractivity contribution in [1.29, 1.82) is 0 Å². The van der Waals surface area contributed by atoms with E-state index in [-0.39, 0.29) is 0 Å². The third-order valence-corrected chi connectivity index (χ3v) is 1.20. The van der Waals surface area contributed by atoms with E-state index in [1.807, 2.05) is 0 Å². The Morgan fingerprint density at radius 3 is 2.00 bits per heavy atom. The maximum Gasteiger partial charge on any atom is 0.0523 e. The van der Waals surface area contributed by atoms with E-state index >= 15 is 0 Å². The summed E-state index contributed by atoms with van der Waals surface area (Å²) in [5, 5.41) is 0. The van der Waals surface area contributed by atoms with Crippen LogP contribution in [0, 0.1) is 0 Å². The van der Waals surface area contributed by atoms with Gasteiger partial charge in [-0.2, -0.15) is 0 Å². The van der Waals surface area contributed by atoms with Crippen LogP contribution < -0.4 is 0 Å². The molecule has 4 heavy (non-hydrogen) atoms. The van der Waals surface area contributed by atoms with Gasteiger partial charge in [-0.1, -0.05) is 0 Å². The quantitative estimate of drug-likeness (QED) is 0.381. The van der Waals surface area contributed by atoms with Crippen LogP contribution in [0.25, 0.3) is 0 Å². The predicted octanol–water partition coefficient (Wildman–Crippen LogP) is 1.13. The maximum atomic E-state index is 3.89. The van der Waals surface area contributed by atoms with Gasteiger partial charge in [-0.15, -0.1) is 0 Å². The molecule has 1 nitrogen and oxygen atoms in total. The second-order valence-electron chi connectivity index (χ2n) is 0.730. The van der Waals surface area contributed by atoms with Crippen LogP contribution in [-0.4, -0.2) is 12.7 Å². The zero-order chi connectivity index (χ0) is 2.83. The SMILES string of the molecule is C1CP=N1. The Morgan fingerprint density at radius 1 is 1.75 bits per heavy atom. The van der Waals surface area contributed by atoms with Gasteiger partial charge < -0.3 is 0 Å². The van der Waals surface area contributed by atoms with Crippen LogP contribution in [0.4, 0.5) is 0 Å². The van der Waals surface area contributed by atoms with E-state index < -0.39 is 0 Å². The highest BCUT2D eigenvalue weighted by atomic mass is 31.1. The standard InChI is InChI=1S/C2H4NP/c1-2-4-3-1/h1-2H2. The van der Waals surface area contributed by atoms with E-state index in [2.05, 4.69) is 4.74 Å². The minimum Gasteiger partial charge on any atom is -0.268 e. The third-order valence-electron chi connectivity index (χ3n) is 0.400. The van der Waals surface area contributed by atoms with Gasteiger partial charge in [0.05, 0.1) is 6.54 Å². The number of hydrogen-bond acceptors (Lipinski definition) is 1. The Labute approximate surface area is 26.9 Å². The Hall–Kier alpha value is 0.100. The van der Waals surface area contributed by atoms with Crippen molar-refractivity contribution < 1.29 is 0 Å². The van der Waals surface area contributed by atoms with Gasteiger partial charge in [0.25, 0.3) is 0 Å². The molecule has 0 aliphatic carbocycles. The Bertz CT molecular complexity index is 35.3. The lowest BCUT2D eigenvalue weighted by atomic mass is 10.8. The summed E-state index contributed by atoms with van der Waals surface area (Å²) in [4.78, 5) is 0. The molecule has 0 aromatic rings. The first-order chi connectivity index (χ1) is 2.00. The minimum absolute atomic E-state index is 1.11. The molecule has 0 amide bonds. The zero-order valence-corrected chi connectivity index (χ0v) is 3.20. The van der Waals surface area contributed by atoms with E-state index in [1.54, 1.807) is 0 Å². The smallest absolute Gasteiger partial charge is 0.0523 e. The van der Waals surface area contributed by atoms with Crippen LogP contribution in [0.2, 0.25) is 0 Å². The average molecular weight is 73.0 g/mol. The third kappa shape index (κ3) is 0.151. The molecule has 0 atom stereocenters. The van der Waals surface area contributed by atoms with Crippen molar-refractivity contribution in [2.45, 2.75) is 0 Å². The highest BCUT2D eigenvalue weighted by Crippen LogP contribution is 2.07. The molecule has 0 radical (unpaired) electrons. The van der Waals surface area contributed by atoms with E-state index in [4.69, 9.17) is 0 Å². The Morgan fingerprint density at radius 2 is 2.00 bits per heavy atom. The largest absolute Gasteiger partial charge is 0.268 e. The van der Waals surface area contributed by atoms with E-state index in [1.165, 1.54) is 14.5 Å². The van der Waals surface area contributed by atoms with Crippen molar-refractivity contribution in [2.24, 2.45) is 4.74 Å². The van der Waals surface area contributed by atoms with Crippen molar-refractivity contribution >= 4 is 8.37 Å². The minimum atomic E-state index is 1.11. The van der Waals surface area contributed by atoms with Gasteiger partial charge in [-0.05, 0) is 0 Å². The molecule has 22 valence electrons. The van der Waals surface area contributed by atoms with Crippen LogP contribution in [-0.2, 0) is 0 Å². The van der Waals surface area contributed by atoms with Crippen LogP contribution in [0.1, 0.15) is 0 Å². The van der Waals surface area contributed by atoms with E-state index in [0.717, 1.165) is 6.54 Å². The van der Waals surface area contributed by atoms with Crippen molar-refractivity contribution in [3.05, 3.63) is 0 Å². The van der Waals surface area contributed by atoms with Gasteiger partial charge in [0, 0.05) is 14.5 Å². The molecule has 0 fully saturated rings. The van der Waals surface area contributed by atoms with Crippen molar-refractivity contribution in [1.82, 2.24) is 0 Å². The first-order valence-electron chi connectivity index (χ1n) is 1.33. The maximum absolute atomic E-state index is 3.89. The van der Waals surface area contributed by atoms with Gasteiger partial charge in [-0.3, -0.25) is 4.74 Å². The summed E-state index contributed by atoms with van der Waals surface area (Å²) in [5.74, 6) is 0. The van der Waals surface area contributed by atoms with Crippen molar-refractivity contribution in [3.63, 3.8) is 0 Å². The van der Waals surface area contributed by atoms with Crippen LogP contribution >= 0.6 is 8.37 Å². The molecule has 0 aromatic heterocycles. The summed E-state index contributed by atoms with van der Waals surface area (Å²) < 4.78 is 3.89. The molecule has 0 saturated carbocycles. The molecule has 0 aromatic carbocycles. The summed E-state index contributed by atoms with van der Waals surface area (Å²) in [6, 6.07) is 0. The lowest BCUT2D eigenvalue weighted by Gasteiger charge is -1.90. The summed E-state index contributed by atoms with van der Waals surface area (Å²) in [5.41, 5.74) is 0. The molecular weight excluding hydrogens is 69.0 g/mol. The molecular formula is C2H4NP. The lowest BCUT2D eigenvalue weighted by Crippen LogP contribution is -1.83. The van der Waals surface area contributed by atoms with E-state index in [0.29, 0.717) is 0 Å². The fourth-order valence-corrected chi connectivity index (χ4v) is 0.300. The molecule has 0 unspecified atom stereocenters. The first-order valence-corrected chi connectivity index (χ1v) is 2.36. The predicted molar refractivity (Wildman–Crippen MR) is 19.1 cm³/mol. The van der Waals surface area contributed by atoms with Crippen LogP contribution in [0.5, 0.6) is 0 Å². The molecule has 1 rings (SSSR count). The number of hydrogen-bond donors (Lipinski definition) is 0. The molecule has 1 aliphatic heterocycles. The molecule has 0 spiro atoms. The fourth-order valence-electron chi connectivity index (χ4n) is 0.1000. The summed E-state index contributed by atoms with van der Waals surface area (Å²) in [7, 11) is 1.30. The summed E-state index contributed by atoms with van der Waals surface area (Å²) in [6.45, 7) is 1.11. The van der Waals surface area contributed by atoms with Crippen molar-refractivity contribution in [2.75, 3.05) is 12.7 Å². The van der Waals surface area contributed by atoms with Gasteiger partial charge in [0.1, 0.15) is 0 Å².